The van der Waals surface area contributed by atoms with E-state index >= 15 is 0 Å². The number of fused-ring (bicyclic) bond motifs is 1. The first kappa shape index (κ1) is 20.5. The van der Waals surface area contributed by atoms with Crippen molar-refractivity contribution in [1.29, 1.82) is 0 Å². The highest BCUT2D eigenvalue weighted by Crippen LogP contribution is 2.20. The zero-order valence-corrected chi connectivity index (χ0v) is 15.8. The summed E-state index contributed by atoms with van der Waals surface area (Å²) in [6.45, 7) is 5.98. The number of nitrogens with zero attached hydrogens (tertiary/aromatic N) is 4. The van der Waals surface area contributed by atoms with Gasteiger partial charge in [0.1, 0.15) is 5.52 Å². The third-order valence-corrected chi connectivity index (χ3v) is 4.58. The van der Waals surface area contributed by atoms with Gasteiger partial charge in [0.05, 0.1) is 18.0 Å². The number of anilines is 1. The molecule has 2 aromatic rings. The second kappa shape index (κ2) is 9.77. The summed E-state index contributed by atoms with van der Waals surface area (Å²) in [4.78, 5) is 27.6. The van der Waals surface area contributed by atoms with Crippen LogP contribution in [0.2, 0.25) is 0 Å². The molecule has 3 N–H and O–H groups in total. The van der Waals surface area contributed by atoms with E-state index in [4.69, 9.17) is 0 Å². The van der Waals surface area contributed by atoms with Crippen LogP contribution in [0.3, 0.4) is 0 Å². The van der Waals surface area contributed by atoms with Gasteiger partial charge in [-0.25, -0.2) is 10.0 Å². The maximum Gasteiger partial charge on any atom is 0.262 e. The third kappa shape index (κ3) is 5.85. The lowest BCUT2D eigenvalue weighted by atomic mass is 9.90. The lowest BCUT2D eigenvalue weighted by molar-refractivity contribution is -0.154. The number of hydrogen-bond donors (Lipinski definition) is 3. The van der Waals surface area contributed by atoms with Crippen LogP contribution in [0.5, 0.6) is 0 Å². The average molecular weight is 374 g/mol. The summed E-state index contributed by atoms with van der Waals surface area (Å²) < 4.78 is 0. The lowest BCUT2D eigenvalue weighted by Gasteiger charge is -2.23. The molecule has 0 spiro atoms. The Morgan fingerprint density at radius 2 is 2.00 bits per heavy atom. The van der Waals surface area contributed by atoms with E-state index in [2.05, 4.69) is 26.0 Å². The van der Waals surface area contributed by atoms with E-state index in [-0.39, 0.29) is 18.4 Å². The lowest BCUT2D eigenvalue weighted by Crippen LogP contribution is -2.41. The Morgan fingerprint density at radius 3 is 2.67 bits per heavy atom. The predicted octanol–water partition coefficient (Wildman–Crippen LogP) is 2.07. The van der Waals surface area contributed by atoms with Gasteiger partial charge in [-0.1, -0.05) is 32.8 Å². The Balaban J connectivity index is 2.04. The number of hydroxylamine groups is 2. The van der Waals surface area contributed by atoms with Gasteiger partial charge in [-0.3, -0.25) is 25.6 Å². The molecule has 0 aliphatic rings. The highest BCUT2D eigenvalue weighted by Gasteiger charge is 2.24. The number of carbonyl (C=O) groups excluding carboxylic acids is 2. The SMILES string of the molecule is CCC(CC)CC(CN(O)C=O)C(=O)NNc1nnc2cc(C)ccc2n1. The molecule has 0 radical (unpaired) electrons. The molecule has 0 saturated carbocycles. The molecule has 1 aromatic carbocycles. The van der Waals surface area contributed by atoms with Crippen molar-refractivity contribution in [2.75, 3.05) is 12.0 Å². The summed E-state index contributed by atoms with van der Waals surface area (Å²) in [5, 5.41) is 18.0. The minimum absolute atomic E-state index is 0.0797. The molecule has 27 heavy (non-hydrogen) atoms. The molecule has 0 fully saturated rings. The molecule has 1 unspecified atom stereocenters. The average Bonchev–Trinajstić information content (AvgIpc) is 2.68. The molecule has 0 bridgehead atoms. The number of aromatic nitrogens is 3. The number of benzene rings is 1. The number of rotatable bonds is 10. The van der Waals surface area contributed by atoms with E-state index < -0.39 is 5.92 Å². The zero-order valence-electron chi connectivity index (χ0n) is 15.8. The summed E-state index contributed by atoms with van der Waals surface area (Å²) in [5.74, 6) is -0.427. The Morgan fingerprint density at radius 1 is 1.26 bits per heavy atom. The standard InChI is InChI=1S/C18H26N6O3/c1-4-13(5-2)9-14(10-24(27)11-25)17(26)21-23-18-19-15-7-6-12(3)8-16(15)20-22-18/h6-8,11,13-14,27H,4-5,9-10H2,1-3H3,(H,21,26)(H,19,22,23). The summed E-state index contributed by atoms with van der Waals surface area (Å²) >= 11 is 0. The molecule has 9 nitrogen and oxygen atoms in total. The van der Waals surface area contributed by atoms with E-state index in [0.717, 1.165) is 18.4 Å². The maximum absolute atomic E-state index is 12.5. The Hall–Kier alpha value is -2.81. The minimum atomic E-state index is -0.561. The summed E-state index contributed by atoms with van der Waals surface area (Å²) in [6, 6.07) is 5.62. The number of nitrogens with one attached hydrogen (secondary N) is 2. The quantitative estimate of drug-likeness (QED) is 0.331. The van der Waals surface area contributed by atoms with Crippen LogP contribution in [0.4, 0.5) is 5.95 Å². The number of aryl methyl sites for hydroxylation is 1. The van der Waals surface area contributed by atoms with Crippen molar-refractivity contribution in [3.63, 3.8) is 0 Å². The van der Waals surface area contributed by atoms with E-state index in [1.165, 1.54) is 0 Å². The molecule has 146 valence electrons. The molecule has 9 heteroatoms. The second-order valence-corrected chi connectivity index (χ2v) is 6.58. The fourth-order valence-electron chi connectivity index (χ4n) is 2.88. The van der Waals surface area contributed by atoms with E-state index in [9.17, 15) is 14.8 Å². The van der Waals surface area contributed by atoms with Gasteiger partial charge in [0.25, 0.3) is 5.95 Å². The van der Waals surface area contributed by atoms with Crippen LogP contribution in [-0.4, -0.2) is 44.3 Å². The summed E-state index contributed by atoms with van der Waals surface area (Å²) in [7, 11) is 0. The first-order chi connectivity index (χ1) is 13.0. The van der Waals surface area contributed by atoms with E-state index in [1.807, 2.05) is 39.0 Å². The molecule has 0 saturated heterocycles. The third-order valence-electron chi connectivity index (χ3n) is 4.58. The minimum Gasteiger partial charge on any atom is -0.286 e. The summed E-state index contributed by atoms with van der Waals surface area (Å²) in [6.07, 6.45) is 2.68. The largest absolute Gasteiger partial charge is 0.286 e. The number of carbonyl (C=O) groups is 2. The normalized spacial score (nSPS) is 12.0. The van der Waals surface area contributed by atoms with Crippen LogP contribution in [0.1, 0.15) is 38.7 Å². The molecule has 0 aliphatic heterocycles. The molecular weight excluding hydrogens is 348 g/mol. The van der Waals surface area contributed by atoms with Crippen molar-refractivity contribution in [3.05, 3.63) is 23.8 Å². The second-order valence-electron chi connectivity index (χ2n) is 6.58. The fourth-order valence-corrected chi connectivity index (χ4v) is 2.88. The van der Waals surface area contributed by atoms with E-state index in [1.54, 1.807) is 0 Å². The van der Waals surface area contributed by atoms with Gasteiger partial charge in [-0.15, -0.1) is 10.2 Å². The fraction of sp³-hybridized carbons (Fsp3) is 0.500. The zero-order chi connectivity index (χ0) is 19.8. The van der Waals surface area contributed by atoms with Gasteiger partial charge >= 0.3 is 0 Å². The highest BCUT2D eigenvalue weighted by molar-refractivity contribution is 5.80. The van der Waals surface area contributed by atoms with Crippen LogP contribution in [0.25, 0.3) is 11.0 Å². The van der Waals surface area contributed by atoms with Gasteiger partial charge in [0.2, 0.25) is 12.3 Å². The predicted molar refractivity (Wildman–Crippen MR) is 101 cm³/mol. The first-order valence-electron chi connectivity index (χ1n) is 9.04. The van der Waals surface area contributed by atoms with Crippen LogP contribution in [0, 0.1) is 18.8 Å². The van der Waals surface area contributed by atoms with E-state index in [0.29, 0.717) is 34.8 Å². The van der Waals surface area contributed by atoms with Crippen LogP contribution >= 0.6 is 0 Å². The van der Waals surface area contributed by atoms with Crippen molar-refractivity contribution < 1.29 is 14.8 Å². The topological polar surface area (TPSA) is 120 Å². The van der Waals surface area contributed by atoms with Gasteiger partial charge in [-0.05, 0) is 37.0 Å². The van der Waals surface area contributed by atoms with Crippen molar-refractivity contribution in [2.24, 2.45) is 11.8 Å². The van der Waals surface area contributed by atoms with Crippen LogP contribution < -0.4 is 10.9 Å². The number of amides is 2. The smallest absolute Gasteiger partial charge is 0.262 e. The van der Waals surface area contributed by atoms with Crippen LogP contribution in [0.15, 0.2) is 18.2 Å². The highest BCUT2D eigenvalue weighted by atomic mass is 16.5. The molecule has 1 atom stereocenters. The Bertz CT molecular complexity index is 781. The van der Waals surface area contributed by atoms with Gasteiger partial charge in [-0.2, -0.15) is 0 Å². The maximum atomic E-state index is 12.5. The Labute approximate surface area is 158 Å². The van der Waals surface area contributed by atoms with Crippen molar-refractivity contribution in [2.45, 2.75) is 40.0 Å². The summed E-state index contributed by atoms with van der Waals surface area (Å²) in [5.41, 5.74) is 7.59. The number of hydrazine groups is 1. The first-order valence-corrected chi connectivity index (χ1v) is 9.04. The van der Waals surface area contributed by atoms with Crippen LogP contribution in [-0.2, 0) is 9.59 Å². The van der Waals surface area contributed by atoms with Crippen molar-refractivity contribution in [1.82, 2.24) is 25.7 Å². The monoisotopic (exact) mass is 374 g/mol. The molecular formula is C18H26N6O3. The molecule has 1 aromatic heterocycles. The molecule has 2 amide bonds. The van der Waals surface area contributed by atoms with Gasteiger partial charge in [0, 0.05) is 0 Å². The van der Waals surface area contributed by atoms with Gasteiger partial charge < -0.3 is 0 Å². The molecule has 1 heterocycles. The van der Waals surface area contributed by atoms with Crippen molar-refractivity contribution in [3.8, 4) is 0 Å². The van der Waals surface area contributed by atoms with Gasteiger partial charge in [0.15, 0.2) is 0 Å². The van der Waals surface area contributed by atoms with Crippen molar-refractivity contribution >= 4 is 29.3 Å². The molecule has 0 aliphatic carbocycles. The molecule has 2 rings (SSSR count). The number of hydrogen-bond acceptors (Lipinski definition) is 7. The Kier molecular flexibility index (Phi) is 7.42.